The molecule has 1 aromatic rings. The van der Waals surface area contributed by atoms with Crippen LogP contribution in [0.25, 0.3) is 0 Å². The van der Waals surface area contributed by atoms with Crippen LogP contribution < -0.4 is 10.1 Å². The summed E-state index contributed by atoms with van der Waals surface area (Å²) < 4.78 is 5.17. The number of ether oxygens (including phenoxy) is 1. The fourth-order valence-electron chi connectivity index (χ4n) is 1.41. The van der Waals surface area contributed by atoms with Gasteiger partial charge in [-0.3, -0.25) is 0 Å². The number of benzene rings is 1. The van der Waals surface area contributed by atoms with Crippen molar-refractivity contribution in [2.45, 2.75) is 13.3 Å². The van der Waals surface area contributed by atoms with E-state index < -0.39 is 0 Å². The van der Waals surface area contributed by atoms with Gasteiger partial charge in [0, 0.05) is 0 Å². The van der Waals surface area contributed by atoms with Crippen molar-refractivity contribution >= 4 is 11.6 Å². The summed E-state index contributed by atoms with van der Waals surface area (Å²) in [5, 5.41) is 3.85. The van der Waals surface area contributed by atoms with Crippen molar-refractivity contribution in [3.8, 4) is 5.75 Å². The zero-order chi connectivity index (χ0) is 10.6. The SMILES string of the molecule is CNCCc1c(C)ccc(OC)c1Cl. The minimum Gasteiger partial charge on any atom is -0.495 e. The summed E-state index contributed by atoms with van der Waals surface area (Å²) in [6, 6.07) is 3.94. The number of methoxy groups -OCH3 is 1. The van der Waals surface area contributed by atoms with Crippen molar-refractivity contribution in [3.63, 3.8) is 0 Å². The van der Waals surface area contributed by atoms with Crippen LogP contribution in [-0.2, 0) is 6.42 Å². The normalized spacial score (nSPS) is 10.3. The molecule has 0 aliphatic rings. The summed E-state index contributed by atoms with van der Waals surface area (Å²) >= 11 is 6.20. The molecule has 78 valence electrons. The number of hydrogen-bond acceptors (Lipinski definition) is 2. The summed E-state index contributed by atoms with van der Waals surface area (Å²) in [6.07, 6.45) is 0.929. The second-order valence-electron chi connectivity index (χ2n) is 3.23. The zero-order valence-corrected chi connectivity index (χ0v) is 9.61. The molecule has 0 aromatic heterocycles. The molecule has 0 fully saturated rings. The fraction of sp³-hybridized carbons (Fsp3) is 0.455. The number of hydrogen-bond donors (Lipinski definition) is 1. The molecule has 2 nitrogen and oxygen atoms in total. The minimum atomic E-state index is 0.739. The molecule has 0 bridgehead atoms. The number of aryl methyl sites for hydroxylation is 1. The Hall–Kier alpha value is -0.730. The predicted molar refractivity (Wildman–Crippen MR) is 60.4 cm³/mol. The van der Waals surface area contributed by atoms with Crippen molar-refractivity contribution in [2.24, 2.45) is 0 Å². The second kappa shape index (κ2) is 5.23. The van der Waals surface area contributed by atoms with Crippen LogP contribution >= 0.6 is 11.6 Å². The molecule has 0 saturated heterocycles. The Balaban J connectivity index is 2.99. The van der Waals surface area contributed by atoms with Crippen molar-refractivity contribution in [3.05, 3.63) is 28.3 Å². The van der Waals surface area contributed by atoms with Crippen molar-refractivity contribution in [2.75, 3.05) is 20.7 Å². The smallest absolute Gasteiger partial charge is 0.137 e. The topological polar surface area (TPSA) is 21.3 Å². The summed E-state index contributed by atoms with van der Waals surface area (Å²) in [5.74, 6) is 0.753. The first kappa shape index (κ1) is 11.3. The highest BCUT2D eigenvalue weighted by molar-refractivity contribution is 6.32. The van der Waals surface area contributed by atoms with Gasteiger partial charge in [-0.05, 0) is 44.1 Å². The van der Waals surface area contributed by atoms with Gasteiger partial charge in [0.1, 0.15) is 5.75 Å². The molecule has 1 rings (SSSR count). The third kappa shape index (κ3) is 2.40. The van der Waals surface area contributed by atoms with E-state index >= 15 is 0 Å². The molecule has 0 atom stereocenters. The van der Waals surface area contributed by atoms with Gasteiger partial charge in [-0.15, -0.1) is 0 Å². The van der Waals surface area contributed by atoms with Crippen LogP contribution in [0.3, 0.4) is 0 Å². The Kier molecular flexibility index (Phi) is 4.23. The number of nitrogens with one attached hydrogen (secondary N) is 1. The number of halogens is 1. The van der Waals surface area contributed by atoms with Gasteiger partial charge in [0.2, 0.25) is 0 Å². The Morgan fingerprint density at radius 3 is 2.71 bits per heavy atom. The first-order valence-corrected chi connectivity index (χ1v) is 5.05. The maximum Gasteiger partial charge on any atom is 0.137 e. The Morgan fingerprint density at radius 2 is 2.14 bits per heavy atom. The molecule has 3 heteroatoms. The van der Waals surface area contributed by atoms with E-state index in [1.54, 1.807) is 7.11 Å². The standard InChI is InChI=1S/C11H16ClNO/c1-8-4-5-10(14-3)11(12)9(8)6-7-13-2/h4-5,13H,6-7H2,1-3H3. The van der Waals surface area contributed by atoms with Crippen LogP contribution in [0.4, 0.5) is 0 Å². The lowest BCUT2D eigenvalue weighted by Gasteiger charge is -2.11. The van der Waals surface area contributed by atoms with Crippen LogP contribution in [0, 0.1) is 6.92 Å². The average Bonchev–Trinajstić information content (AvgIpc) is 2.18. The molecule has 1 N–H and O–H groups in total. The molecule has 0 heterocycles. The molecule has 0 amide bonds. The molecule has 0 radical (unpaired) electrons. The van der Waals surface area contributed by atoms with Gasteiger partial charge in [0.05, 0.1) is 12.1 Å². The summed E-state index contributed by atoms with van der Waals surface area (Å²) in [7, 11) is 3.57. The third-order valence-electron chi connectivity index (χ3n) is 2.29. The average molecular weight is 214 g/mol. The van der Waals surface area contributed by atoms with Gasteiger partial charge >= 0.3 is 0 Å². The molecule has 14 heavy (non-hydrogen) atoms. The zero-order valence-electron chi connectivity index (χ0n) is 8.86. The quantitative estimate of drug-likeness (QED) is 0.830. The predicted octanol–water partition coefficient (Wildman–Crippen LogP) is 2.42. The molecule has 1 aromatic carbocycles. The van der Waals surface area contributed by atoms with Gasteiger partial charge in [0.25, 0.3) is 0 Å². The maximum atomic E-state index is 6.20. The van der Waals surface area contributed by atoms with Crippen molar-refractivity contribution in [1.82, 2.24) is 5.32 Å². The first-order chi connectivity index (χ1) is 6.70. The van der Waals surface area contributed by atoms with Gasteiger partial charge in [0.15, 0.2) is 0 Å². The lowest BCUT2D eigenvalue weighted by molar-refractivity contribution is 0.414. The maximum absolute atomic E-state index is 6.20. The highest BCUT2D eigenvalue weighted by Gasteiger charge is 2.08. The fourth-order valence-corrected chi connectivity index (χ4v) is 1.79. The monoisotopic (exact) mass is 213 g/mol. The van der Waals surface area contributed by atoms with Gasteiger partial charge < -0.3 is 10.1 Å². The Labute approximate surface area is 90.2 Å². The van der Waals surface area contributed by atoms with Gasteiger partial charge in [-0.2, -0.15) is 0 Å². The minimum absolute atomic E-state index is 0.739. The van der Waals surface area contributed by atoms with Gasteiger partial charge in [-0.1, -0.05) is 17.7 Å². The summed E-state index contributed by atoms with van der Waals surface area (Å²) in [5.41, 5.74) is 2.38. The van der Waals surface area contributed by atoms with Crippen LogP contribution in [0.2, 0.25) is 5.02 Å². The van der Waals surface area contributed by atoms with E-state index in [1.165, 1.54) is 11.1 Å². The van der Waals surface area contributed by atoms with E-state index in [0.717, 1.165) is 23.7 Å². The molecule has 0 aliphatic carbocycles. The lowest BCUT2D eigenvalue weighted by Crippen LogP contribution is -2.11. The lowest BCUT2D eigenvalue weighted by atomic mass is 10.1. The third-order valence-corrected chi connectivity index (χ3v) is 2.70. The Morgan fingerprint density at radius 1 is 1.43 bits per heavy atom. The van der Waals surface area contributed by atoms with Crippen LogP contribution in [0.15, 0.2) is 12.1 Å². The number of rotatable bonds is 4. The Bertz CT molecular complexity index is 312. The first-order valence-electron chi connectivity index (χ1n) is 4.67. The largest absolute Gasteiger partial charge is 0.495 e. The van der Waals surface area contributed by atoms with Gasteiger partial charge in [-0.25, -0.2) is 0 Å². The molecule has 0 aliphatic heterocycles. The molecule has 0 unspecified atom stereocenters. The van der Waals surface area contributed by atoms with Crippen molar-refractivity contribution < 1.29 is 4.74 Å². The molecule has 0 saturated carbocycles. The van der Waals surface area contributed by atoms with E-state index in [1.807, 2.05) is 19.2 Å². The van der Waals surface area contributed by atoms with E-state index in [0.29, 0.717) is 0 Å². The summed E-state index contributed by atoms with van der Waals surface area (Å²) in [6.45, 7) is 2.99. The highest BCUT2D eigenvalue weighted by atomic mass is 35.5. The summed E-state index contributed by atoms with van der Waals surface area (Å²) in [4.78, 5) is 0. The van der Waals surface area contributed by atoms with Crippen molar-refractivity contribution in [1.29, 1.82) is 0 Å². The van der Waals surface area contributed by atoms with Crippen LogP contribution in [0.5, 0.6) is 5.75 Å². The molecular formula is C11H16ClNO. The second-order valence-corrected chi connectivity index (χ2v) is 3.61. The van der Waals surface area contributed by atoms with E-state index in [4.69, 9.17) is 16.3 Å². The molecular weight excluding hydrogens is 198 g/mol. The van der Waals surface area contributed by atoms with Crippen LogP contribution in [0.1, 0.15) is 11.1 Å². The highest BCUT2D eigenvalue weighted by Crippen LogP contribution is 2.30. The molecule has 0 spiro atoms. The van der Waals surface area contributed by atoms with Crippen LogP contribution in [-0.4, -0.2) is 20.7 Å². The van der Waals surface area contributed by atoms with E-state index in [2.05, 4.69) is 12.2 Å². The van der Waals surface area contributed by atoms with E-state index in [9.17, 15) is 0 Å². The number of likely N-dealkylation sites (N-methyl/N-ethyl adjacent to an activating group) is 1. The van der Waals surface area contributed by atoms with E-state index in [-0.39, 0.29) is 0 Å².